The van der Waals surface area contributed by atoms with Gasteiger partial charge in [-0.15, -0.1) is 0 Å². The Morgan fingerprint density at radius 2 is 1.95 bits per heavy atom. The van der Waals surface area contributed by atoms with Gasteiger partial charge in [0.25, 0.3) is 0 Å². The molecular weight excluding hydrogens is 251 g/mol. The van der Waals surface area contributed by atoms with Gasteiger partial charge in [0.1, 0.15) is 5.82 Å². The predicted octanol–water partition coefficient (Wildman–Crippen LogP) is -0.521. The molecular formula is C13H17FN2O3. The van der Waals surface area contributed by atoms with Gasteiger partial charge in [0, 0.05) is 25.2 Å². The largest absolute Gasteiger partial charge is 0.389 e. The molecule has 1 amide bonds. The van der Waals surface area contributed by atoms with Crippen molar-refractivity contribution in [3.05, 3.63) is 35.6 Å². The average molecular weight is 268 g/mol. The molecule has 0 aliphatic carbocycles. The predicted molar refractivity (Wildman–Crippen MR) is 66.7 cm³/mol. The van der Waals surface area contributed by atoms with Crippen molar-refractivity contribution >= 4 is 5.91 Å². The number of carbonyl (C=O) groups excluding carboxylic acids is 1. The third-order valence-electron chi connectivity index (χ3n) is 3.14. The molecule has 0 saturated carbocycles. The molecule has 1 fully saturated rings. The molecule has 0 radical (unpaired) electrons. The molecule has 1 aliphatic heterocycles. The number of hydrogen-bond acceptors (Lipinski definition) is 4. The Morgan fingerprint density at radius 1 is 1.32 bits per heavy atom. The minimum atomic E-state index is -0.806. The summed E-state index contributed by atoms with van der Waals surface area (Å²) in [4.78, 5) is 13.3. The maximum absolute atomic E-state index is 13.3. The Labute approximate surface area is 110 Å². The fourth-order valence-corrected chi connectivity index (χ4v) is 2.07. The monoisotopic (exact) mass is 268 g/mol. The van der Waals surface area contributed by atoms with Crippen LogP contribution >= 0.6 is 0 Å². The number of amides is 1. The molecule has 1 heterocycles. The molecule has 0 bridgehead atoms. The second-order valence-corrected chi connectivity index (χ2v) is 4.70. The van der Waals surface area contributed by atoms with Crippen LogP contribution in [-0.2, 0) is 11.3 Å². The number of hydrogen-bond donors (Lipinski definition) is 3. The number of aliphatic hydroxyl groups excluding tert-OH is 2. The first-order valence-corrected chi connectivity index (χ1v) is 6.15. The van der Waals surface area contributed by atoms with Gasteiger partial charge in [0.05, 0.1) is 18.8 Å². The summed E-state index contributed by atoms with van der Waals surface area (Å²) in [7, 11) is 0. The van der Waals surface area contributed by atoms with Crippen LogP contribution in [0.4, 0.5) is 4.39 Å². The van der Waals surface area contributed by atoms with E-state index in [4.69, 9.17) is 0 Å². The third kappa shape index (κ3) is 3.73. The fraction of sp³-hybridized carbons (Fsp3) is 0.462. The lowest BCUT2D eigenvalue weighted by atomic mass is 10.2. The smallest absolute Gasteiger partial charge is 0.234 e. The van der Waals surface area contributed by atoms with E-state index in [1.54, 1.807) is 23.1 Å². The molecule has 0 spiro atoms. The van der Waals surface area contributed by atoms with E-state index in [1.165, 1.54) is 6.07 Å². The molecule has 0 unspecified atom stereocenters. The molecule has 1 saturated heterocycles. The summed E-state index contributed by atoms with van der Waals surface area (Å²) in [5.41, 5.74) is 0.428. The van der Waals surface area contributed by atoms with E-state index < -0.39 is 12.2 Å². The molecule has 19 heavy (non-hydrogen) atoms. The standard InChI is InChI=1S/C13H17FN2O3/c14-10-4-2-1-3-9(10)5-15-13(19)8-16-6-11(17)12(18)7-16/h1-4,11-12,17-18H,5-8H2,(H,15,19)/t11-,12+. The molecule has 1 aromatic rings. The lowest BCUT2D eigenvalue weighted by Gasteiger charge is -2.14. The number of β-amino-alcohol motifs (C(OH)–C–C–N with tert-alkyl or cyclic N) is 2. The Bertz CT molecular complexity index is 445. The van der Waals surface area contributed by atoms with E-state index in [0.717, 1.165) is 0 Å². The number of nitrogens with zero attached hydrogens (tertiary/aromatic N) is 1. The topological polar surface area (TPSA) is 72.8 Å². The highest BCUT2D eigenvalue weighted by atomic mass is 19.1. The number of carbonyl (C=O) groups is 1. The zero-order valence-electron chi connectivity index (χ0n) is 10.4. The highest BCUT2D eigenvalue weighted by Crippen LogP contribution is 2.09. The maximum atomic E-state index is 13.3. The number of nitrogens with one attached hydrogen (secondary N) is 1. The zero-order valence-corrected chi connectivity index (χ0v) is 10.4. The van der Waals surface area contributed by atoms with Crippen molar-refractivity contribution in [2.24, 2.45) is 0 Å². The van der Waals surface area contributed by atoms with Gasteiger partial charge in [-0.2, -0.15) is 0 Å². The number of aliphatic hydroxyl groups is 2. The van der Waals surface area contributed by atoms with Crippen molar-refractivity contribution in [1.82, 2.24) is 10.2 Å². The second-order valence-electron chi connectivity index (χ2n) is 4.70. The van der Waals surface area contributed by atoms with Crippen molar-refractivity contribution in [3.8, 4) is 0 Å². The van der Waals surface area contributed by atoms with Gasteiger partial charge in [0.2, 0.25) is 5.91 Å². The summed E-state index contributed by atoms with van der Waals surface area (Å²) < 4.78 is 13.3. The van der Waals surface area contributed by atoms with Gasteiger partial charge >= 0.3 is 0 Å². The summed E-state index contributed by atoms with van der Waals surface area (Å²) in [6.45, 7) is 0.760. The minimum absolute atomic E-state index is 0.0859. The first-order valence-electron chi connectivity index (χ1n) is 6.15. The van der Waals surface area contributed by atoms with Crippen LogP contribution < -0.4 is 5.32 Å². The molecule has 1 aromatic carbocycles. The van der Waals surface area contributed by atoms with E-state index in [2.05, 4.69) is 5.32 Å². The molecule has 0 aromatic heterocycles. The molecule has 5 nitrogen and oxygen atoms in total. The van der Waals surface area contributed by atoms with E-state index >= 15 is 0 Å². The van der Waals surface area contributed by atoms with E-state index in [-0.39, 0.29) is 37.9 Å². The number of halogens is 1. The van der Waals surface area contributed by atoms with Crippen LogP contribution in [0.5, 0.6) is 0 Å². The number of rotatable bonds is 4. The Kier molecular flexibility index (Phi) is 4.47. The van der Waals surface area contributed by atoms with E-state index in [0.29, 0.717) is 5.56 Å². The van der Waals surface area contributed by atoms with Gasteiger partial charge in [-0.1, -0.05) is 18.2 Å². The Morgan fingerprint density at radius 3 is 2.58 bits per heavy atom. The van der Waals surface area contributed by atoms with Crippen LogP contribution in [0, 0.1) is 5.82 Å². The van der Waals surface area contributed by atoms with Crippen LogP contribution in [0.15, 0.2) is 24.3 Å². The van der Waals surface area contributed by atoms with E-state index in [9.17, 15) is 19.4 Å². The van der Waals surface area contributed by atoms with Gasteiger partial charge in [-0.25, -0.2) is 4.39 Å². The highest BCUT2D eigenvalue weighted by Gasteiger charge is 2.30. The van der Waals surface area contributed by atoms with Crippen LogP contribution in [0.1, 0.15) is 5.56 Å². The van der Waals surface area contributed by atoms with Gasteiger partial charge in [-0.05, 0) is 6.07 Å². The Hall–Kier alpha value is -1.50. The van der Waals surface area contributed by atoms with Gasteiger partial charge in [0.15, 0.2) is 0 Å². The fourth-order valence-electron chi connectivity index (χ4n) is 2.07. The van der Waals surface area contributed by atoms with Crippen molar-refractivity contribution < 1.29 is 19.4 Å². The lowest BCUT2D eigenvalue weighted by molar-refractivity contribution is -0.122. The summed E-state index contributed by atoms with van der Waals surface area (Å²) in [5, 5.41) is 21.3. The first-order chi connectivity index (χ1) is 9.06. The van der Waals surface area contributed by atoms with Crippen molar-refractivity contribution in [3.63, 3.8) is 0 Å². The van der Waals surface area contributed by atoms with Crippen molar-refractivity contribution in [2.45, 2.75) is 18.8 Å². The zero-order chi connectivity index (χ0) is 13.8. The highest BCUT2D eigenvalue weighted by molar-refractivity contribution is 5.78. The van der Waals surface area contributed by atoms with Crippen molar-refractivity contribution in [2.75, 3.05) is 19.6 Å². The average Bonchev–Trinajstić information content (AvgIpc) is 2.67. The quantitative estimate of drug-likeness (QED) is 0.687. The summed E-state index contributed by atoms with van der Waals surface area (Å²) in [6, 6.07) is 6.25. The first kappa shape index (κ1) is 13.9. The van der Waals surface area contributed by atoms with Crippen LogP contribution in [-0.4, -0.2) is 52.9 Å². The summed E-state index contributed by atoms with van der Waals surface area (Å²) in [5.74, 6) is -0.612. The lowest BCUT2D eigenvalue weighted by Crippen LogP contribution is -2.36. The van der Waals surface area contributed by atoms with Gasteiger partial charge < -0.3 is 15.5 Å². The Balaban J connectivity index is 1.78. The van der Waals surface area contributed by atoms with Crippen LogP contribution in [0.2, 0.25) is 0 Å². The minimum Gasteiger partial charge on any atom is -0.389 e. The molecule has 2 rings (SSSR count). The molecule has 1 aliphatic rings. The van der Waals surface area contributed by atoms with Crippen LogP contribution in [0.3, 0.4) is 0 Å². The second kappa shape index (κ2) is 6.10. The molecule has 104 valence electrons. The summed E-state index contributed by atoms with van der Waals surface area (Å²) >= 11 is 0. The third-order valence-corrected chi connectivity index (χ3v) is 3.14. The maximum Gasteiger partial charge on any atom is 0.234 e. The molecule has 2 atom stereocenters. The molecule has 6 heteroatoms. The van der Waals surface area contributed by atoms with Crippen LogP contribution in [0.25, 0.3) is 0 Å². The molecule has 3 N–H and O–H groups in total. The number of likely N-dealkylation sites (tertiary alicyclic amines) is 1. The number of benzene rings is 1. The van der Waals surface area contributed by atoms with Gasteiger partial charge in [-0.3, -0.25) is 9.69 Å². The SMILES string of the molecule is O=C(CN1C[C@@H](O)[C@@H](O)C1)NCc1ccccc1F. The van der Waals surface area contributed by atoms with E-state index in [1.807, 2.05) is 0 Å². The summed E-state index contributed by atoms with van der Waals surface area (Å²) in [6.07, 6.45) is -1.61. The van der Waals surface area contributed by atoms with Crippen molar-refractivity contribution in [1.29, 1.82) is 0 Å². The normalized spacial score (nSPS) is 23.5.